The number of nitrogens with one attached hydrogen (secondary N) is 1. The van der Waals surface area contributed by atoms with E-state index in [0.29, 0.717) is 41.9 Å². The number of fused-ring (bicyclic) bond motifs is 1. The zero-order valence-corrected chi connectivity index (χ0v) is 19.9. The summed E-state index contributed by atoms with van der Waals surface area (Å²) in [5.74, 6) is 1.48. The Morgan fingerprint density at radius 3 is 2.76 bits per heavy atom. The van der Waals surface area contributed by atoms with Crippen molar-refractivity contribution in [3.63, 3.8) is 0 Å². The molecule has 0 atom stereocenters. The molecule has 2 aromatic heterocycles. The summed E-state index contributed by atoms with van der Waals surface area (Å²) in [7, 11) is 3.41. The second kappa shape index (κ2) is 11.2. The fourth-order valence-corrected chi connectivity index (χ4v) is 3.91. The smallest absolute Gasteiger partial charge is 0.355 e. The molecular formula is C24H31N5O5. The van der Waals surface area contributed by atoms with E-state index >= 15 is 0 Å². The molecule has 3 aromatic rings. The lowest BCUT2D eigenvalue weighted by molar-refractivity contribution is 0.0357. The first kappa shape index (κ1) is 23.8. The van der Waals surface area contributed by atoms with Gasteiger partial charge in [-0.3, -0.25) is 4.90 Å². The van der Waals surface area contributed by atoms with Crippen LogP contribution >= 0.6 is 0 Å². The summed E-state index contributed by atoms with van der Waals surface area (Å²) in [6, 6.07) is 5.46. The molecule has 3 heterocycles. The van der Waals surface area contributed by atoms with E-state index in [4.69, 9.17) is 18.9 Å². The minimum atomic E-state index is -0.373. The maximum Gasteiger partial charge on any atom is 0.355 e. The lowest BCUT2D eigenvalue weighted by atomic mass is 10.2. The molecule has 4 rings (SSSR count). The number of hydrogen-bond donors (Lipinski definition) is 1. The lowest BCUT2D eigenvalue weighted by Gasteiger charge is -2.26. The molecule has 0 spiro atoms. The Balaban J connectivity index is 1.48. The minimum absolute atomic E-state index is 0.320. The molecule has 1 N–H and O–H groups in total. The van der Waals surface area contributed by atoms with Crippen molar-refractivity contribution in [1.29, 1.82) is 0 Å². The number of methoxy groups -OCH3 is 1. The largest absolute Gasteiger partial charge is 0.493 e. The summed E-state index contributed by atoms with van der Waals surface area (Å²) in [4.78, 5) is 23.3. The molecule has 10 heteroatoms. The van der Waals surface area contributed by atoms with Gasteiger partial charge in [-0.2, -0.15) is 0 Å². The van der Waals surface area contributed by atoms with Gasteiger partial charge < -0.3 is 28.8 Å². The first-order chi connectivity index (χ1) is 16.6. The Bertz CT molecular complexity index is 1130. The van der Waals surface area contributed by atoms with Crippen LogP contribution in [0.4, 0.5) is 11.5 Å². The summed E-state index contributed by atoms with van der Waals surface area (Å²) in [6.45, 7) is 7.17. The zero-order valence-electron chi connectivity index (χ0n) is 19.9. The van der Waals surface area contributed by atoms with Crippen molar-refractivity contribution in [2.45, 2.75) is 13.3 Å². The molecule has 0 radical (unpaired) electrons. The molecule has 0 amide bonds. The molecule has 1 aliphatic rings. The molecule has 1 aliphatic heterocycles. The van der Waals surface area contributed by atoms with Crippen LogP contribution in [0, 0.1) is 0 Å². The number of rotatable bonds is 10. The molecule has 34 heavy (non-hydrogen) atoms. The number of morpholine rings is 1. The number of esters is 1. The third-order valence-corrected chi connectivity index (χ3v) is 5.65. The molecule has 1 aromatic carbocycles. The number of carbonyl (C=O) groups is 1. The third kappa shape index (κ3) is 5.57. The zero-order chi connectivity index (χ0) is 23.9. The Kier molecular flexibility index (Phi) is 7.81. The standard InChI is InChI=1S/C24H31N5O5/c1-4-33-24(30)20-12-17(15-28(20)2)27-23-18-13-21(31-3)22(14-19(18)25-16-26-23)34-9-5-6-29-7-10-32-11-8-29/h12-16H,4-11H2,1-3H3,(H,25,26,27). The number of ether oxygens (including phenoxy) is 4. The van der Waals surface area contributed by atoms with E-state index < -0.39 is 0 Å². The SMILES string of the molecule is CCOC(=O)c1cc(Nc2ncnc3cc(OCCCN4CCOCC4)c(OC)cc23)cn1C. The van der Waals surface area contributed by atoms with E-state index in [1.807, 2.05) is 18.3 Å². The number of carbonyl (C=O) groups excluding carboxylic acids is 1. The maximum absolute atomic E-state index is 12.1. The summed E-state index contributed by atoms with van der Waals surface area (Å²) < 4.78 is 23.8. The lowest BCUT2D eigenvalue weighted by Crippen LogP contribution is -2.37. The van der Waals surface area contributed by atoms with Crippen molar-refractivity contribution in [1.82, 2.24) is 19.4 Å². The second-order valence-electron chi connectivity index (χ2n) is 7.97. The van der Waals surface area contributed by atoms with Crippen LogP contribution < -0.4 is 14.8 Å². The van der Waals surface area contributed by atoms with Gasteiger partial charge in [0.25, 0.3) is 0 Å². The van der Waals surface area contributed by atoms with Crippen LogP contribution in [0.5, 0.6) is 11.5 Å². The van der Waals surface area contributed by atoms with E-state index in [9.17, 15) is 4.79 Å². The highest BCUT2D eigenvalue weighted by atomic mass is 16.5. The summed E-state index contributed by atoms with van der Waals surface area (Å²) in [5.41, 5.74) is 1.89. The Morgan fingerprint density at radius 2 is 2.00 bits per heavy atom. The number of benzene rings is 1. The second-order valence-corrected chi connectivity index (χ2v) is 7.97. The fourth-order valence-electron chi connectivity index (χ4n) is 3.91. The van der Waals surface area contributed by atoms with Crippen LogP contribution in [0.25, 0.3) is 10.9 Å². The molecule has 1 saturated heterocycles. The van der Waals surface area contributed by atoms with Gasteiger partial charge in [0.05, 0.1) is 44.7 Å². The van der Waals surface area contributed by atoms with Gasteiger partial charge in [0.1, 0.15) is 17.8 Å². The van der Waals surface area contributed by atoms with E-state index in [1.165, 1.54) is 6.33 Å². The number of aryl methyl sites for hydroxylation is 1. The van der Waals surface area contributed by atoms with Crippen LogP contribution in [-0.2, 0) is 16.5 Å². The molecule has 0 aliphatic carbocycles. The normalized spacial score (nSPS) is 14.2. The van der Waals surface area contributed by atoms with Crippen LogP contribution in [0.1, 0.15) is 23.8 Å². The number of anilines is 2. The summed E-state index contributed by atoms with van der Waals surface area (Å²) in [5, 5.41) is 4.05. The van der Waals surface area contributed by atoms with Gasteiger partial charge in [-0.25, -0.2) is 14.8 Å². The summed E-state index contributed by atoms with van der Waals surface area (Å²) >= 11 is 0. The van der Waals surface area contributed by atoms with Gasteiger partial charge in [-0.15, -0.1) is 0 Å². The van der Waals surface area contributed by atoms with E-state index in [-0.39, 0.29) is 5.97 Å². The van der Waals surface area contributed by atoms with E-state index in [2.05, 4.69) is 20.2 Å². The molecule has 0 bridgehead atoms. The predicted molar refractivity (Wildman–Crippen MR) is 128 cm³/mol. The van der Waals surface area contributed by atoms with Crippen molar-refractivity contribution in [3.8, 4) is 11.5 Å². The number of hydrogen-bond acceptors (Lipinski definition) is 9. The van der Waals surface area contributed by atoms with Crippen LogP contribution in [0.2, 0.25) is 0 Å². The first-order valence-corrected chi connectivity index (χ1v) is 11.4. The predicted octanol–water partition coefficient (Wildman–Crippen LogP) is 3.00. The quantitative estimate of drug-likeness (QED) is 0.355. The number of aromatic nitrogens is 3. The van der Waals surface area contributed by atoms with Crippen LogP contribution in [-0.4, -0.2) is 78.6 Å². The van der Waals surface area contributed by atoms with Crippen LogP contribution in [0.15, 0.2) is 30.7 Å². The Labute approximate surface area is 198 Å². The molecule has 182 valence electrons. The topological polar surface area (TPSA) is 100.0 Å². The Hall–Kier alpha value is -3.37. The first-order valence-electron chi connectivity index (χ1n) is 11.4. The van der Waals surface area contributed by atoms with Gasteiger partial charge in [-0.1, -0.05) is 0 Å². The molecule has 0 unspecified atom stereocenters. The molecule has 0 saturated carbocycles. The number of nitrogens with zero attached hydrogens (tertiary/aromatic N) is 4. The molecular weight excluding hydrogens is 438 g/mol. The monoisotopic (exact) mass is 469 g/mol. The highest BCUT2D eigenvalue weighted by Gasteiger charge is 2.16. The summed E-state index contributed by atoms with van der Waals surface area (Å²) in [6.07, 6.45) is 4.21. The third-order valence-electron chi connectivity index (χ3n) is 5.65. The Morgan fingerprint density at radius 1 is 1.18 bits per heavy atom. The van der Waals surface area contributed by atoms with Crippen molar-refractivity contribution < 1.29 is 23.7 Å². The van der Waals surface area contributed by atoms with Crippen molar-refractivity contribution in [2.75, 3.05) is 58.5 Å². The van der Waals surface area contributed by atoms with E-state index in [1.54, 1.807) is 31.7 Å². The van der Waals surface area contributed by atoms with Gasteiger partial charge in [0.2, 0.25) is 0 Å². The van der Waals surface area contributed by atoms with Gasteiger partial charge in [-0.05, 0) is 25.5 Å². The van der Waals surface area contributed by atoms with Crippen molar-refractivity contribution >= 4 is 28.4 Å². The van der Waals surface area contributed by atoms with Gasteiger partial charge in [0.15, 0.2) is 11.5 Å². The highest BCUT2D eigenvalue weighted by molar-refractivity contribution is 5.94. The maximum atomic E-state index is 12.1. The molecule has 10 nitrogen and oxygen atoms in total. The van der Waals surface area contributed by atoms with Crippen molar-refractivity contribution in [3.05, 3.63) is 36.4 Å². The van der Waals surface area contributed by atoms with Crippen LogP contribution in [0.3, 0.4) is 0 Å². The van der Waals surface area contributed by atoms with Gasteiger partial charge >= 0.3 is 5.97 Å². The van der Waals surface area contributed by atoms with Gasteiger partial charge in [0, 0.05) is 44.3 Å². The average Bonchev–Trinajstić information content (AvgIpc) is 3.22. The highest BCUT2D eigenvalue weighted by Crippen LogP contribution is 2.35. The minimum Gasteiger partial charge on any atom is -0.493 e. The van der Waals surface area contributed by atoms with E-state index in [0.717, 1.165) is 50.2 Å². The fraction of sp³-hybridized carbons (Fsp3) is 0.458. The average molecular weight is 470 g/mol. The van der Waals surface area contributed by atoms with Crippen molar-refractivity contribution in [2.24, 2.45) is 7.05 Å². The molecule has 1 fully saturated rings.